The van der Waals surface area contributed by atoms with Gasteiger partial charge < -0.3 is 5.32 Å². The zero-order valence-electron chi connectivity index (χ0n) is 10.8. The maximum absolute atomic E-state index is 4.74. The highest BCUT2D eigenvalue weighted by Crippen LogP contribution is 2.11. The second-order valence-corrected chi connectivity index (χ2v) is 4.77. The van der Waals surface area contributed by atoms with Crippen molar-refractivity contribution < 1.29 is 4.63 Å². The van der Waals surface area contributed by atoms with Crippen LogP contribution in [-0.4, -0.2) is 40.9 Å². The Morgan fingerprint density at radius 3 is 2.88 bits per heavy atom. The summed E-state index contributed by atoms with van der Waals surface area (Å²) in [5.74, 6) is 0. The molecule has 96 valence electrons. The molecule has 0 bridgehead atoms. The van der Waals surface area contributed by atoms with Crippen LogP contribution in [0, 0.1) is 6.92 Å². The molecule has 0 radical (unpaired) electrons. The zero-order valence-corrected chi connectivity index (χ0v) is 10.8. The molecule has 5 heteroatoms. The normalized spacial score (nSPS) is 21.0. The van der Waals surface area contributed by atoms with Gasteiger partial charge in [0, 0.05) is 19.1 Å². The highest BCUT2D eigenvalue weighted by Gasteiger charge is 2.17. The van der Waals surface area contributed by atoms with Gasteiger partial charge in [0.05, 0.1) is 0 Å². The van der Waals surface area contributed by atoms with Crippen LogP contribution in [0.25, 0.3) is 0 Å². The topological polar surface area (TPSA) is 54.2 Å². The molecule has 1 fully saturated rings. The summed E-state index contributed by atoms with van der Waals surface area (Å²) in [6.45, 7) is 8.24. The first-order valence-electron chi connectivity index (χ1n) is 6.53. The van der Waals surface area contributed by atoms with Crippen molar-refractivity contribution in [2.45, 2.75) is 45.7 Å². The van der Waals surface area contributed by atoms with Gasteiger partial charge in [0.15, 0.2) is 0 Å². The van der Waals surface area contributed by atoms with E-state index in [4.69, 9.17) is 4.63 Å². The Morgan fingerprint density at radius 1 is 1.41 bits per heavy atom. The second-order valence-electron chi connectivity index (χ2n) is 4.77. The van der Waals surface area contributed by atoms with Gasteiger partial charge in [0.2, 0.25) is 0 Å². The van der Waals surface area contributed by atoms with Crippen LogP contribution >= 0.6 is 0 Å². The lowest BCUT2D eigenvalue weighted by Crippen LogP contribution is -2.43. The first-order chi connectivity index (χ1) is 8.29. The van der Waals surface area contributed by atoms with E-state index in [-0.39, 0.29) is 0 Å². The molecule has 2 heterocycles. The van der Waals surface area contributed by atoms with Crippen LogP contribution in [0.2, 0.25) is 0 Å². The maximum atomic E-state index is 4.74. The average Bonchev–Trinajstić information content (AvgIpc) is 2.75. The van der Waals surface area contributed by atoms with Crippen LogP contribution in [0.3, 0.4) is 0 Å². The minimum atomic E-state index is 0.629. The molecule has 1 N–H and O–H groups in total. The fraction of sp³-hybridized carbons (Fsp3) is 0.833. The average molecular weight is 238 g/mol. The monoisotopic (exact) mass is 238 g/mol. The van der Waals surface area contributed by atoms with Crippen LogP contribution in [0.15, 0.2) is 4.63 Å². The third kappa shape index (κ3) is 3.51. The Balaban J connectivity index is 1.85. The Bertz CT molecular complexity index is 333. The molecule has 1 unspecified atom stereocenters. The van der Waals surface area contributed by atoms with Crippen molar-refractivity contribution in [1.82, 2.24) is 20.5 Å². The van der Waals surface area contributed by atoms with E-state index in [1.807, 2.05) is 6.92 Å². The molecule has 2 rings (SSSR count). The van der Waals surface area contributed by atoms with Crippen molar-refractivity contribution in [3.05, 3.63) is 11.4 Å². The van der Waals surface area contributed by atoms with Crippen molar-refractivity contribution in [2.24, 2.45) is 0 Å². The standard InChI is InChI=1S/C12H22N4O/c1-3-16(8-11-6-4-5-7-13-11)9-12-10(2)14-17-15-12/h11,13H,3-9H2,1-2H3. The number of likely N-dealkylation sites (N-methyl/N-ethyl adjacent to an activating group) is 1. The van der Waals surface area contributed by atoms with Crippen LogP contribution in [0.5, 0.6) is 0 Å². The van der Waals surface area contributed by atoms with E-state index in [9.17, 15) is 0 Å². The van der Waals surface area contributed by atoms with Crippen molar-refractivity contribution in [3.63, 3.8) is 0 Å². The summed E-state index contributed by atoms with van der Waals surface area (Å²) in [5.41, 5.74) is 1.86. The smallest absolute Gasteiger partial charge is 0.122 e. The van der Waals surface area contributed by atoms with Gasteiger partial charge in [0.25, 0.3) is 0 Å². The Labute approximate surface area is 103 Å². The summed E-state index contributed by atoms with van der Waals surface area (Å²) in [6.07, 6.45) is 3.95. The van der Waals surface area contributed by atoms with Gasteiger partial charge in [-0.3, -0.25) is 4.90 Å². The van der Waals surface area contributed by atoms with Crippen molar-refractivity contribution in [2.75, 3.05) is 19.6 Å². The fourth-order valence-corrected chi connectivity index (χ4v) is 2.30. The fourth-order valence-electron chi connectivity index (χ4n) is 2.30. The molecule has 1 saturated heterocycles. The van der Waals surface area contributed by atoms with Gasteiger partial charge in [-0.15, -0.1) is 0 Å². The van der Waals surface area contributed by atoms with E-state index in [2.05, 4.69) is 27.5 Å². The van der Waals surface area contributed by atoms with Crippen LogP contribution < -0.4 is 5.32 Å². The van der Waals surface area contributed by atoms with Gasteiger partial charge in [-0.25, -0.2) is 4.63 Å². The lowest BCUT2D eigenvalue weighted by Gasteiger charge is -2.29. The molecule has 0 aliphatic carbocycles. The van der Waals surface area contributed by atoms with Gasteiger partial charge >= 0.3 is 0 Å². The molecule has 1 aromatic heterocycles. The summed E-state index contributed by atoms with van der Waals surface area (Å²) in [7, 11) is 0. The zero-order chi connectivity index (χ0) is 12.1. The number of piperidine rings is 1. The molecule has 5 nitrogen and oxygen atoms in total. The second kappa shape index (κ2) is 6.12. The van der Waals surface area contributed by atoms with E-state index in [0.29, 0.717) is 6.04 Å². The lowest BCUT2D eigenvalue weighted by atomic mass is 10.0. The first-order valence-corrected chi connectivity index (χ1v) is 6.53. The first kappa shape index (κ1) is 12.5. The molecule has 1 aliphatic rings. The number of aromatic nitrogens is 2. The van der Waals surface area contributed by atoms with Crippen molar-refractivity contribution in [3.8, 4) is 0 Å². The molecule has 1 aliphatic heterocycles. The number of hydrogen-bond donors (Lipinski definition) is 1. The van der Waals surface area contributed by atoms with Crippen LogP contribution in [0.4, 0.5) is 0 Å². The van der Waals surface area contributed by atoms with E-state index in [1.165, 1.54) is 19.3 Å². The summed E-state index contributed by atoms with van der Waals surface area (Å²) in [4.78, 5) is 2.40. The number of nitrogens with zero attached hydrogens (tertiary/aromatic N) is 3. The molecule has 0 saturated carbocycles. The number of hydrogen-bond acceptors (Lipinski definition) is 5. The number of rotatable bonds is 5. The molecule has 1 aromatic rings. The van der Waals surface area contributed by atoms with E-state index >= 15 is 0 Å². The lowest BCUT2D eigenvalue weighted by molar-refractivity contribution is 0.218. The molecule has 0 amide bonds. The third-order valence-corrected chi connectivity index (χ3v) is 3.46. The van der Waals surface area contributed by atoms with E-state index in [0.717, 1.165) is 37.6 Å². The van der Waals surface area contributed by atoms with Crippen molar-refractivity contribution >= 4 is 0 Å². The number of aryl methyl sites for hydroxylation is 1. The minimum absolute atomic E-state index is 0.629. The molecule has 0 aromatic carbocycles. The largest absolute Gasteiger partial charge is 0.313 e. The predicted molar refractivity (Wildman–Crippen MR) is 65.6 cm³/mol. The molecular formula is C12H22N4O. The summed E-state index contributed by atoms with van der Waals surface area (Å²) in [5, 5.41) is 11.3. The van der Waals surface area contributed by atoms with E-state index in [1.54, 1.807) is 0 Å². The van der Waals surface area contributed by atoms with Gasteiger partial charge in [-0.2, -0.15) is 0 Å². The summed E-state index contributed by atoms with van der Waals surface area (Å²) < 4.78 is 4.74. The Kier molecular flexibility index (Phi) is 4.50. The molecule has 17 heavy (non-hydrogen) atoms. The quantitative estimate of drug-likeness (QED) is 0.839. The highest BCUT2D eigenvalue weighted by atomic mass is 16.6. The van der Waals surface area contributed by atoms with Crippen LogP contribution in [-0.2, 0) is 6.54 Å². The molecule has 1 atom stereocenters. The SMILES string of the molecule is CCN(Cc1nonc1C)CC1CCCCN1. The Morgan fingerprint density at radius 2 is 2.29 bits per heavy atom. The van der Waals surface area contributed by atoms with Gasteiger partial charge in [0.1, 0.15) is 11.4 Å². The third-order valence-electron chi connectivity index (χ3n) is 3.46. The van der Waals surface area contributed by atoms with Crippen molar-refractivity contribution in [1.29, 1.82) is 0 Å². The predicted octanol–water partition coefficient (Wildman–Crippen LogP) is 1.34. The molecular weight excluding hydrogens is 216 g/mol. The highest BCUT2D eigenvalue weighted by molar-refractivity contribution is 5.04. The van der Waals surface area contributed by atoms with E-state index < -0.39 is 0 Å². The summed E-state index contributed by atoms with van der Waals surface area (Å²) >= 11 is 0. The Hall–Kier alpha value is -0.940. The number of nitrogens with one attached hydrogen (secondary N) is 1. The minimum Gasteiger partial charge on any atom is -0.313 e. The maximum Gasteiger partial charge on any atom is 0.122 e. The van der Waals surface area contributed by atoms with Gasteiger partial charge in [-0.05, 0) is 32.9 Å². The summed E-state index contributed by atoms with van der Waals surface area (Å²) in [6, 6.07) is 0.629. The molecule has 0 spiro atoms. The van der Waals surface area contributed by atoms with Gasteiger partial charge in [-0.1, -0.05) is 23.7 Å². The van der Waals surface area contributed by atoms with Crippen LogP contribution in [0.1, 0.15) is 37.6 Å².